The highest BCUT2D eigenvalue weighted by atomic mass is 32.1. The van der Waals surface area contributed by atoms with Crippen LogP contribution >= 0.6 is 19.8 Å². The molecule has 2 amide bonds. The smallest absolute Gasteiger partial charge is 0.407 e. The SMILES string of the molecule is Cc1ccc(-c2oc(NC(=O)CCNC(=O)OCC3c4ccccc4-c4ccccc43)c(P(=O)(OC(C)C)OC(C)C)c(=S)c2C#N)cc1. The van der Waals surface area contributed by atoms with Gasteiger partial charge in [0, 0.05) is 24.4 Å². The number of nitrogens with one attached hydrogen (secondary N) is 2. The highest BCUT2D eigenvalue weighted by molar-refractivity contribution is 7.73. The van der Waals surface area contributed by atoms with Crippen LogP contribution in [-0.2, 0) is 23.1 Å². The summed E-state index contributed by atoms with van der Waals surface area (Å²) in [6.07, 6.45) is -1.99. The molecule has 0 saturated carbocycles. The molecular weight excluding hydrogens is 661 g/mol. The molecule has 0 unspecified atom stereocenters. The molecule has 5 rings (SSSR count). The normalized spacial score (nSPS) is 12.4. The van der Waals surface area contributed by atoms with E-state index in [1.54, 1.807) is 39.8 Å². The Bertz CT molecular complexity index is 1960. The van der Waals surface area contributed by atoms with Crippen LogP contribution in [0.5, 0.6) is 0 Å². The second kappa shape index (κ2) is 15.3. The number of aryl methyl sites for hydroxylation is 1. The quantitative estimate of drug-likeness (QED) is 0.110. The number of nitrogens with zero attached hydrogens (tertiary/aromatic N) is 1. The molecule has 1 aromatic heterocycles. The zero-order valence-electron chi connectivity index (χ0n) is 27.9. The van der Waals surface area contributed by atoms with Crippen molar-refractivity contribution in [3.8, 4) is 28.5 Å². The van der Waals surface area contributed by atoms with E-state index in [9.17, 15) is 19.4 Å². The summed E-state index contributed by atoms with van der Waals surface area (Å²) in [5.41, 5.74) is 5.86. The third kappa shape index (κ3) is 8.01. The van der Waals surface area contributed by atoms with Gasteiger partial charge in [0.05, 0.1) is 16.7 Å². The maximum Gasteiger partial charge on any atom is 0.407 e. The lowest BCUT2D eigenvalue weighted by Gasteiger charge is -2.25. The molecule has 254 valence electrons. The third-order valence-corrected chi connectivity index (χ3v) is 10.6. The van der Waals surface area contributed by atoms with Crippen LogP contribution in [0.2, 0.25) is 0 Å². The lowest BCUT2D eigenvalue weighted by atomic mass is 9.98. The fourth-order valence-corrected chi connectivity index (χ4v) is 8.32. The number of hydrogen-bond acceptors (Lipinski definition) is 9. The first-order valence-electron chi connectivity index (χ1n) is 16.0. The Kier molecular flexibility index (Phi) is 11.2. The number of amides is 2. The highest BCUT2D eigenvalue weighted by Gasteiger charge is 2.38. The van der Waals surface area contributed by atoms with Gasteiger partial charge in [0.25, 0.3) is 0 Å². The Labute approximate surface area is 290 Å². The lowest BCUT2D eigenvalue weighted by molar-refractivity contribution is -0.116. The first-order chi connectivity index (χ1) is 23.4. The molecular formula is C37H38N3O7PS. The number of ether oxygens (including phenoxy) is 1. The fraction of sp³-hybridized carbons (Fsp3) is 0.297. The molecule has 0 bridgehead atoms. The number of benzene rings is 3. The van der Waals surface area contributed by atoms with Crippen LogP contribution in [0, 0.1) is 22.8 Å². The highest BCUT2D eigenvalue weighted by Crippen LogP contribution is 2.52. The van der Waals surface area contributed by atoms with Gasteiger partial charge in [-0.3, -0.25) is 14.7 Å². The summed E-state index contributed by atoms with van der Waals surface area (Å²) in [5, 5.41) is 15.2. The summed E-state index contributed by atoms with van der Waals surface area (Å²) >= 11 is 5.70. The Morgan fingerprint density at radius 3 is 2.06 bits per heavy atom. The standard InChI is InChI=1S/C37H38N3O7PS/c1-22(2)46-48(43,47-23(3)4)34-35(49)30(20-38)33(25-16-14-24(5)15-17-25)45-36(34)40-32(41)18-19-39-37(42)44-21-31-28-12-8-6-10-26(28)27-11-7-9-13-29(27)31/h6-17,22-23,31H,18-19,21H2,1-5H3,(H,39,42)(H,40,41). The van der Waals surface area contributed by atoms with Gasteiger partial charge < -0.3 is 23.5 Å². The van der Waals surface area contributed by atoms with Gasteiger partial charge in [0.1, 0.15) is 23.5 Å². The average Bonchev–Trinajstić information content (AvgIpc) is 3.36. The van der Waals surface area contributed by atoms with Gasteiger partial charge in [-0.1, -0.05) is 90.6 Å². The van der Waals surface area contributed by atoms with Crippen molar-refractivity contribution in [3.05, 3.63) is 99.6 Å². The summed E-state index contributed by atoms with van der Waals surface area (Å²) in [7, 11) is -4.24. The number of carbonyl (C=O) groups excluding carboxylic acids is 2. The van der Waals surface area contributed by atoms with Crippen molar-refractivity contribution < 1.29 is 32.4 Å². The molecule has 49 heavy (non-hydrogen) atoms. The van der Waals surface area contributed by atoms with Gasteiger partial charge in [-0.25, -0.2) is 4.79 Å². The van der Waals surface area contributed by atoms with Gasteiger partial charge >= 0.3 is 13.7 Å². The third-order valence-electron chi connectivity index (χ3n) is 7.71. The summed E-state index contributed by atoms with van der Waals surface area (Å²) in [6.45, 7) is 8.68. The predicted octanol–water partition coefficient (Wildman–Crippen LogP) is 8.39. The van der Waals surface area contributed by atoms with Crippen LogP contribution in [-0.4, -0.2) is 37.4 Å². The van der Waals surface area contributed by atoms with E-state index in [2.05, 4.69) is 28.8 Å². The van der Waals surface area contributed by atoms with Crippen LogP contribution in [0.25, 0.3) is 22.5 Å². The van der Waals surface area contributed by atoms with E-state index in [-0.39, 0.29) is 52.5 Å². The van der Waals surface area contributed by atoms with Gasteiger partial charge in [0.2, 0.25) is 11.8 Å². The minimum absolute atomic E-state index is 0.0521. The molecule has 0 radical (unpaired) electrons. The Hall–Kier alpha value is -4.59. The van der Waals surface area contributed by atoms with Gasteiger partial charge in [-0.2, -0.15) is 5.26 Å². The van der Waals surface area contributed by atoms with Crippen molar-refractivity contribution in [2.24, 2.45) is 0 Å². The van der Waals surface area contributed by atoms with Crippen molar-refractivity contribution in [2.45, 2.75) is 59.2 Å². The molecule has 0 aliphatic heterocycles. The zero-order chi connectivity index (χ0) is 35.3. The maximum absolute atomic E-state index is 14.4. The molecule has 0 atom stereocenters. The number of carbonyl (C=O) groups is 2. The number of nitriles is 1. The summed E-state index contributed by atoms with van der Waals surface area (Å²) < 4.78 is 37.5. The maximum atomic E-state index is 14.4. The van der Waals surface area contributed by atoms with Crippen LogP contribution in [0.1, 0.15) is 62.3 Å². The van der Waals surface area contributed by atoms with Crippen LogP contribution in [0.4, 0.5) is 10.7 Å². The average molecular weight is 700 g/mol. The van der Waals surface area contributed by atoms with E-state index < -0.39 is 31.8 Å². The van der Waals surface area contributed by atoms with Crippen LogP contribution in [0.15, 0.2) is 77.2 Å². The number of alkyl carbamates (subject to hydrolysis) is 1. The molecule has 12 heteroatoms. The molecule has 1 aliphatic rings. The van der Waals surface area contributed by atoms with Crippen molar-refractivity contribution in [1.82, 2.24) is 5.32 Å². The van der Waals surface area contributed by atoms with Crippen LogP contribution < -0.4 is 15.9 Å². The second-order valence-corrected chi connectivity index (χ2v) is 14.4. The van der Waals surface area contributed by atoms with Gasteiger partial charge in [-0.15, -0.1) is 0 Å². The molecule has 10 nitrogen and oxygen atoms in total. The van der Waals surface area contributed by atoms with Crippen molar-refractivity contribution in [1.29, 1.82) is 5.26 Å². The minimum Gasteiger partial charge on any atom is -0.449 e. The second-order valence-electron chi connectivity index (χ2n) is 12.1. The van der Waals surface area contributed by atoms with Crippen molar-refractivity contribution in [2.75, 3.05) is 18.5 Å². The van der Waals surface area contributed by atoms with Crippen molar-refractivity contribution >= 4 is 43.0 Å². The van der Waals surface area contributed by atoms with Crippen LogP contribution in [0.3, 0.4) is 0 Å². The molecule has 2 N–H and O–H groups in total. The van der Waals surface area contributed by atoms with E-state index in [1.807, 2.05) is 55.5 Å². The number of rotatable bonds is 12. The molecule has 0 spiro atoms. The molecule has 0 saturated heterocycles. The zero-order valence-corrected chi connectivity index (χ0v) is 29.7. The molecule has 0 fully saturated rings. The topological polar surface area (TPSA) is 140 Å². The lowest BCUT2D eigenvalue weighted by Crippen LogP contribution is -2.30. The Morgan fingerprint density at radius 1 is 0.939 bits per heavy atom. The summed E-state index contributed by atoms with van der Waals surface area (Å²) in [6, 6.07) is 25.3. The van der Waals surface area contributed by atoms with E-state index >= 15 is 0 Å². The molecule has 3 aromatic carbocycles. The molecule has 1 aliphatic carbocycles. The van der Waals surface area contributed by atoms with Gasteiger partial charge in [-0.05, 0) is 56.9 Å². The molecule has 4 aromatic rings. The van der Waals surface area contributed by atoms with Gasteiger partial charge in [0.15, 0.2) is 5.76 Å². The number of fused-ring (bicyclic) bond motifs is 3. The Morgan fingerprint density at radius 2 is 1.51 bits per heavy atom. The van der Waals surface area contributed by atoms with E-state index in [4.69, 9.17) is 30.4 Å². The van der Waals surface area contributed by atoms with E-state index in [0.717, 1.165) is 27.8 Å². The summed E-state index contributed by atoms with van der Waals surface area (Å²) in [5.74, 6) is -0.872. The molecule has 1 heterocycles. The first kappa shape index (κ1) is 35.7. The fourth-order valence-electron chi connectivity index (χ4n) is 5.67. The number of hydrogen-bond donors (Lipinski definition) is 2. The van der Waals surface area contributed by atoms with E-state index in [0.29, 0.717) is 5.56 Å². The summed E-state index contributed by atoms with van der Waals surface area (Å²) in [4.78, 5) is 26.0. The van der Waals surface area contributed by atoms with E-state index in [1.165, 1.54) is 0 Å². The first-order valence-corrected chi connectivity index (χ1v) is 17.9. The largest absolute Gasteiger partial charge is 0.449 e. The monoisotopic (exact) mass is 699 g/mol. The number of anilines is 1. The van der Waals surface area contributed by atoms with Crippen molar-refractivity contribution in [3.63, 3.8) is 0 Å². The minimum atomic E-state index is -4.24. The predicted molar refractivity (Wildman–Crippen MR) is 190 cm³/mol. The Balaban J connectivity index is 1.34.